The molecule has 3 fully saturated rings. The smallest absolute Gasteiger partial charge is 0.137 e. The van der Waals surface area contributed by atoms with Crippen molar-refractivity contribution < 1.29 is 14.7 Å². The number of carbonyl (C=O) groups excluding carboxylic acids is 2. The number of allylic oxidation sites excluding steroid dienone is 1. The lowest BCUT2D eigenvalue weighted by molar-refractivity contribution is -0.134. The Morgan fingerprint density at radius 2 is 1.94 bits per heavy atom. The van der Waals surface area contributed by atoms with Crippen molar-refractivity contribution in [3.05, 3.63) is 11.6 Å². The number of aliphatic hydroxyl groups excluding tert-OH is 1. The molecule has 4 aliphatic carbocycles. The largest absolute Gasteiger partial charge is 0.393 e. The van der Waals surface area contributed by atoms with Gasteiger partial charge in [0, 0.05) is 30.6 Å². The van der Waals surface area contributed by atoms with Gasteiger partial charge < -0.3 is 5.11 Å². The Balaban J connectivity index is 1.54. The van der Waals surface area contributed by atoms with Gasteiger partial charge in [-0.25, -0.2) is 0 Å². The fraction of sp³-hybridized carbons (Fsp3) is 0.852. The van der Waals surface area contributed by atoms with Crippen LogP contribution in [0, 0.1) is 46.3 Å². The van der Waals surface area contributed by atoms with Gasteiger partial charge in [0.1, 0.15) is 11.6 Å². The topological polar surface area (TPSA) is 54.4 Å². The molecule has 4 aliphatic rings. The van der Waals surface area contributed by atoms with E-state index in [2.05, 4.69) is 26.8 Å². The SMILES string of the molecule is CC(CCl)CCC(=O)C(C)C1C(=O)CC2C3CC=C4C[C@@H](O)CC[C@]4(C)C3CC[C@@]21C. The quantitative estimate of drug-likeness (QED) is 0.402. The van der Waals surface area contributed by atoms with Gasteiger partial charge in [-0.2, -0.15) is 0 Å². The number of hydrogen-bond acceptors (Lipinski definition) is 3. The highest BCUT2D eigenvalue weighted by atomic mass is 35.5. The summed E-state index contributed by atoms with van der Waals surface area (Å²) >= 11 is 5.93. The monoisotopic (exact) mass is 448 g/mol. The lowest BCUT2D eigenvalue weighted by Crippen LogP contribution is -2.51. The van der Waals surface area contributed by atoms with Crippen LogP contribution in [0.25, 0.3) is 0 Å². The molecule has 1 N–H and O–H groups in total. The van der Waals surface area contributed by atoms with Gasteiger partial charge in [-0.1, -0.05) is 39.3 Å². The maximum atomic E-state index is 13.3. The minimum absolute atomic E-state index is 0.0543. The Hall–Kier alpha value is -0.670. The van der Waals surface area contributed by atoms with Crippen LogP contribution in [0.2, 0.25) is 0 Å². The Labute approximate surface area is 193 Å². The maximum Gasteiger partial charge on any atom is 0.137 e. The highest BCUT2D eigenvalue weighted by molar-refractivity contribution is 6.18. The van der Waals surface area contributed by atoms with E-state index in [9.17, 15) is 14.7 Å². The molecular formula is C27H41ClO3. The summed E-state index contributed by atoms with van der Waals surface area (Å²) in [7, 11) is 0. The van der Waals surface area contributed by atoms with Crippen LogP contribution in [0.15, 0.2) is 11.6 Å². The molecule has 6 unspecified atom stereocenters. The van der Waals surface area contributed by atoms with Gasteiger partial charge in [0.15, 0.2) is 0 Å². The van der Waals surface area contributed by atoms with E-state index in [1.165, 1.54) is 5.57 Å². The number of halogens is 1. The average molecular weight is 449 g/mol. The fourth-order valence-electron chi connectivity index (χ4n) is 8.20. The molecule has 174 valence electrons. The van der Waals surface area contributed by atoms with Crippen molar-refractivity contribution in [3.63, 3.8) is 0 Å². The number of rotatable bonds is 6. The number of hydrogen-bond donors (Lipinski definition) is 1. The van der Waals surface area contributed by atoms with Crippen LogP contribution in [0.5, 0.6) is 0 Å². The molecule has 0 aromatic heterocycles. The lowest BCUT2D eigenvalue weighted by Gasteiger charge is -2.58. The summed E-state index contributed by atoms with van der Waals surface area (Å²) in [5.41, 5.74) is 1.60. The summed E-state index contributed by atoms with van der Waals surface area (Å²) in [6, 6.07) is 0. The number of fused-ring (bicyclic) bond motifs is 5. The molecule has 4 heteroatoms. The highest BCUT2D eigenvalue weighted by Crippen LogP contribution is 2.66. The molecule has 0 aliphatic heterocycles. The Bertz CT molecular complexity index is 760. The van der Waals surface area contributed by atoms with E-state index in [1.807, 2.05) is 6.92 Å². The Kier molecular flexibility index (Phi) is 6.51. The van der Waals surface area contributed by atoms with Crippen molar-refractivity contribution in [3.8, 4) is 0 Å². The second kappa shape index (κ2) is 8.60. The second-order valence-electron chi connectivity index (χ2n) is 11.9. The Morgan fingerprint density at radius 1 is 1.19 bits per heavy atom. The number of carbonyl (C=O) groups is 2. The molecule has 0 heterocycles. The van der Waals surface area contributed by atoms with Crippen molar-refractivity contribution in [1.29, 1.82) is 0 Å². The summed E-state index contributed by atoms with van der Waals surface area (Å²) in [6.45, 7) is 8.84. The molecule has 0 spiro atoms. The zero-order chi connectivity index (χ0) is 22.6. The molecule has 0 bridgehead atoms. The molecule has 3 saturated carbocycles. The summed E-state index contributed by atoms with van der Waals surface area (Å²) < 4.78 is 0. The van der Waals surface area contributed by atoms with Crippen LogP contribution in [-0.4, -0.2) is 28.7 Å². The summed E-state index contributed by atoms with van der Waals surface area (Å²) in [5.74, 6) is 2.74. The molecule has 9 atom stereocenters. The molecule has 3 nitrogen and oxygen atoms in total. The van der Waals surface area contributed by atoms with E-state index in [0.717, 1.165) is 44.9 Å². The van der Waals surface area contributed by atoms with Crippen molar-refractivity contribution in [2.24, 2.45) is 46.3 Å². The molecule has 0 saturated heterocycles. The van der Waals surface area contributed by atoms with E-state index in [4.69, 9.17) is 11.6 Å². The normalized spacial score (nSPS) is 44.0. The standard InChI is InChI=1S/C27H41ClO3/c1-16(15-28)5-8-23(30)17(2)25-24(31)14-22-20-7-6-18-13-19(29)9-11-26(18,3)21(20)10-12-27(22,25)4/h6,16-17,19-22,25,29H,5,7-15H2,1-4H3/t16?,17?,19-,20?,21?,22?,25?,26-,27-/m0/s1. The van der Waals surface area contributed by atoms with E-state index in [0.29, 0.717) is 48.2 Å². The molecule has 0 radical (unpaired) electrons. The van der Waals surface area contributed by atoms with Crippen molar-refractivity contribution in [1.82, 2.24) is 0 Å². The second-order valence-corrected chi connectivity index (χ2v) is 12.2. The third kappa shape index (κ3) is 3.86. The maximum absolute atomic E-state index is 13.3. The van der Waals surface area contributed by atoms with E-state index in [-0.39, 0.29) is 34.6 Å². The minimum atomic E-state index is -0.185. The first-order valence-corrected chi connectivity index (χ1v) is 13.1. The number of ketones is 2. The molecule has 0 aromatic carbocycles. The Morgan fingerprint density at radius 3 is 2.65 bits per heavy atom. The van der Waals surface area contributed by atoms with Gasteiger partial charge in [-0.05, 0) is 79.4 Å². The van der Waals surface area contributed by atoms with E-state index >= 15 is 0 Å². The summed E-state index contributed by atoms with van der Waals surface area (Å²) in [5, 5.41) is 10.2. The van der Waals surface area contributed by atoms with Gasteiger partial charge in [-0.3, -0.25) is 9.59 Å². The zero-order valence-corrected chi connectivity index (χ0v) is 20.6. The van der Waals surface area contributed by atoms with Gasteiger partial charge in [0.05, 0.1) is 6.10 Å². The lowest BCUT2D eigenvalue weighted by atomic mass is 9.47. The number of alkyl halides is 1. The third-order valence-electron chi connectivity index (χ3n) is 10.1. The zero-order valence-electron chi connectivity index (χ0n) is 19.8. The molecule has 0 aromatic rings. The van der Waals surface area contributed by atoms with Crippen LogP contribution < -0.4 is 0 Å². The highest BCUT2D eigenvalue weighted by Gasteiger charge is 2.62. The van der Waals surface area contributed by atoms with Gasteiger partial charge in [-0.15, -0.1) is 11.6 Å². The third-order valence-corrected chi connectivity index (χ3v) is 10.7. The first-order valence-electron chi connectivity index (χ1n) is 12.6. The fourth-order valence-corrected chi connectivity index (χ4v) is 8.36. The van der Waals surface area contributed by atoms with Gasteiger partial charge in [0.2, 0.25) is 0 Å². The van der Waals surface area contributed by atoms with E-state index in [1.54, 1.807) is 0 Å². The first-order chi connectivity index (χ1) is 14.6. The molecule has 31 heavy (non-hydrogen) atoms. The van der Waals surface area contributed by atoms with Crippen LogP contribution in [0.1, 0.15) is 85.5 Å². The van der Waals surface area contributed by atoms with Crippen molar-refractivity contribution >= 4 is 23.2 Å². The van der Waals surface area contributed by atoms with E-state index < -0.39 is 0 Å². The van der Waals surface area contributed by atoms with Gasteiger partial charge in [0.25, 0.3) is 0 Å². The number of Topliss-reactive ketones (excluding diaryl/α,β-unsaturated/α-hetero) is 2. The predicted octanol–water partition coefficient (Wildman–Crippen LogP) is 5.97. The molecule has 4 rings (SSSR count). The summed E-state index contributed by atoms with van der Waals surface area (Å²) in [6.07, 6.45) is 10.3. The van der Waals surface area contributed by atoms with Crippen LogP contribution in [0.3, 0.4) is 0 Å². The van der Waals surface area contributed by atoms with Crippen molar-refractivity contribution in [2.45, 2.75) is 91.6 Å². The van der Waals surface area contributed by atoms with Crippen LogP contribution >= 0.6 is 11.6 Å². The van der Waals surface area contributed by atoms with Crippen LogP contribution in [0.4, 0.5) is 0 Å². The van der Waals surface area contributed by atoms with Gasteiger partial charge >= 0.3 is 0 Å². The average Bonchev–Trinajstić information content (AvgIpc) is 3.01. The predicted molar refractivity (Wildman–Crippen MR) is 125 cm³/mol. The first kappa shape index (κ1) is 23.5. The number of aliphatic hydroxyl groups is 1. The van der Waals surface area contributed by atoms with Crippen LogP contribution in [-0.2, 0) is 9.59 Å². The molecule has 0 amide bonds. The molecular weight excluding hydrogens is 408 g/mol. The van der Waals surface area contributed by atoms with Crippen molar-refractivity contribution in [2.75, 3.05) is 5.88 Å². The summed E-state index contributed by atoms with van der Waals surface area (Å²) in [4.78, 5) is 26.4. The minimum Gasteiger partial charge on any atom is -0.393 e.